The number of nitrogens with one attached hydrogen (secondary N) is 2. The smallest absolute Gasteiger partial charge is 0.252 e. The molecule has 3 aromatic rings. The molecule has 1 unspecified atom stereocenters. The van der Waals surface area contributed by atoms with E-state index in [1.165, 1.54) is 6.42 Å². The lowest BCUT2D eigenvalue weighted by atomic mass is 10.1. The van der Waals surface area contributed by atoms with Crippen LogP contribution in [0.2, 0.25) is 0 Å². The summed E-state index contributed by atoms with van der Waals surface area (Å²) in [5.41, 5.74) is 3.03. The quantitative estimate of drug-likeness (QED) is 0.669. The van der Waals surface area contributed by atoms with E-state index in [1.807, 2.05) is 37.6 Å². The SMILES string of the molecule is Cc1nn(C)c2nc(-c3cccs3)cc(C(=O)NCC3CCCN3)c12.Cl.Cl. The number of carbonyl (C=O) groups is 1. The first kappa shape index (κ1) is 21.6. The first-order chi connectivity index (χ1) is 12.1. The minimum Gasteiger partial charge on any atom is -0.350 e. The Morgan fingerprint density at radius 2 is 2.26 bits per heavy atom. The molecule has 3 aromatic heterocycles. The largest absolute Gasteiger partial charge is 0.350 e. The van der Waals surface area contributed by atoms with E-state index in [1.54, 1.807) is 16.0 Å². The van der Waals surface area contributed by atoms with E-state index in [2.05, 4.69) is 15.7 Å². The van der Waals surface area contributed by atoms with Crippen molar-refractivity contribution in [1.29, 1.82) is 0 Å². The first-order valence-corrected chi connectivity index (χ1v) is 9.41. The molecule has 1 amide bonds. The van der Waals surface area contributed by atoms with Crippen LogP contribution in [0.1, 0.15) is 28.9 Å². The van der Waals surface area contributed by atoms with E-state index < -0.39 is 0 Å². The van der Waals surface area contributed by atoms with Crippen LogP contribution in [-0.2, 0) is 7.05 Å². The van der Waals surface area contributed by atoms with Crippen molar-refractivity contribution in [2.24, 2.45) is 7.05 Å². The van der Waals surface area contributed by atoms with Gasteiger partial charge in [-0.25, -0.2) is 4.98 Å². The Hall–Kier alpha value is -1.67. The van der Waals surface area contributed by atoms with Crippen molar-refractivity contribution in [3.8, 4) is 10.6 Å². The van der Waals surface area contributed by atoms with Crippen molar-refractivity contribution in [3.05, 3.63) is 34.8 Å². The highest BCUT2D eigenvalue weighted by Crippen LogP contribution is 2.29. The minimum absolute atomic E-state index is 0. The average molecular weight is 428 g/mol. The third-order valence-corrected chi connectivity index (χ3v) is 5.55. The van der Waals surface area contributed by atoms with E-state index in [-0.39, 0.29) is 30.7 Å². The average Bonchev–Trinajstić information content (AvgIpc) is 3.35. The second-order valence-electron chi connectivity index (χ2n) is 6.44. The summed E-state index contributed by atoms with van der Waals surface area (Å²) in [6, 6.07) is 6.27. The predicted molar refractivity (Wildman–Crippen MR) is 114 cm³/mol. The number of hydrogen-bond donors (Lipinski definition) is 2. The van der Waals surface area contributed by atoms with Gasteiger partial charge in [-0.3, -0.25) is 9.48 Å². The predicted octanol–water partition coefficient (Wildman–Crippen LogP) is 3.33. The van der Waals surface area contributed by atoms with Crippen LogP contribution in [-0.4, -0.2) is 39.8 Å². The van der Waals surface area contributed by atoms with Crippen molar-refractivity contribution in [1.82, 2.24) is 25.4 Å². The summed E-state index contributed by atoms with van der Waals surface area (Å²) in [5, 5.41) is 13.8. The maximum atomic E-state index is 12.9. The summed E-state index contributed by atoms with van der Waals surface area (Å²) in [6.07, 6.45) is 2.28. The second kappa shape index (κ2) is 9.01. The number of carbonyl (C=O) groups excluding carboxylic acids is 1. The Morgan fingerprint density at radius 1 is 1.44 bits per heavy atom. The molecule has 27 heavy (non-hydrogen) atoms. The lowest BCUT2D eigenvalue weighted by Gasteiger charge is -2.12. The van der Waals surface area contributed by atoms with Crippen LogP contribution in [0, 0.1) is 6.92 Å². The van der Waals surface area contributed by atoms with Crippen molar-refractivity contribution in [2.45, 2.75) is 25.8 Å². The normalized spacial score (nSPS) is 16.0. The summed E-state index contributed by atoms with van der Waals surface area (Å²) >= 11 is 1.62. The lowest BCUT2D eigenvalue weighted by molar-refractivity contribution is 0.0952. The zero-order valence-electron chi connectivity index (χ0n) is 15.2. The Bertz CT molecular complexity index is 920. The lowest BCUT2D eigenvalue weighted by Crippen LogP contribution is -2.37. The zero-order chi connectivity index (χ0) is 17.4. The number of aryl methyl sites for hydroxylation is 2. The molecule has 0 aliphatic carbocycles. The Labute approximate surface area is 174 Å². The van der Waals surface area contributed by atoms with Gasteiger partial charge in [-0.1, -0.05) is 6.07 Å². The highest BCUT2D eigenvalue weighted by Gasteiger charge is 2.21. The summed E-state index contributed by atoms with van der Waals surface area (Å²) in [6.45, 7) is 3.60. The second-order valence-corrected chi connectivity index (χ2v) is 7.39. The number of thiophene rings is 1. The Kier molecular flexibility index (Phi) is 7.22. The van der Waals surface area contributed by atoms with Gasteiger partial charge in [0, 0.05) is 19.6 Å². The summed E-state index contributed by atoms with van der Waals surface area (Å²) in [5.74, 6) is -0.0602. The molecule has 4 heterocycles. The third kappa shape index (κ3) is 4.27. The molecule has 1 atom stereocenters. The Morgan fingerprint density at radius 3 is 2.93 bits per heavy atom. The van der Waals surface area contributed by atoms with Crippen molar-refractivity contribution in [3.63, 3.8) is 0 Å². The maximum absolute atomic E-state index is 12.9. The number of pyridine rings is 1. The molecular weight excluding hydrogens is 405 g/mol. The molecule has 1 aliphatic rings. The van der Waals surface area contributed by atoms with Crippen LogP contribution in [0.4, 0.5) is 0 Å². The van der Waals surface area contributed by atoms with E-state index in [0.717, 1.165) is 40.3 Å². The van der Waals surface area contributed by atoms with Crippen molar-refractivity contribution >= 4 is 53.1 Å². The van der Waals surface area contributed by atoms with E-state index >= 15 is 0 Å². The highest BCUT2D eigenvalue weighted by molar-refractivity contribution is 7.13. The van der Waals surface area contributed by atoms with Gasteiger partial charge in [-0.2, -0.15) is 5.10 Å². The van der Waals surface area contributed by atoms with E-state index in [0.29, 0.717) is 18.2 Å². The van der Waals surface area contributed by atoms with Crippen molar-refractivity contribution in [2.75, 3.05) is 13.1 Å². The zero-order valence-corrected chi connectivity index (χ0v) is 17.6. The molecule has 1 aliphatic heterocycles. The van der Waals surface area contributed by atoms with Crippen LogP contribution in [0.5, 0.6) is 0 Å². The molecule has 4 rings (SSSR count). The van der Waals surface area contributed by atoms with Gasteiger partial charge in [0.2, 0.25) is 0 Å². The fourth-order valence-electron chi connectivity index (χ4n) is 3.42. The van der Waals surface area contributed by atoms with Gasteiger partial charge in [0.05, 0.1) is 27.2 Å². The molecule has 0 spiro atoms. The standard InChI is InChI=1S/C18H21N5OS.2ClH/c1-11-16-13(18(24)20-10-12-5-3-7-19-12)9-14(15-6-4-8-25-15)21-17(16)23(2)22-11;;/h4,6,8-9,12,19H,3,5,7,10H2,1-2H3,(H,20,24);2*1H. The topological polar surface area (TPSA) is 71.8 Å². The van der Waals surface area contributed by atoms with Crippen LogP contribution in [0.25, 0.3) is 21.6 Å². The Balaban J connectivity index is 0.00000131. The summed E-state index contributed by atoms with van der Waals surface area (Å²) in [4.78, 5) is 18.7. The summed E-state index contributed by atoms with van der Waals surface area (Å²) < 4.78 is 1.75. The molecule has 9 heteroatoms. The number of halogens is 2. The molecule has 1 fully saturated rings. The van der Waals surface area contributed by atoms with E-state index in [4.69, 9.17) is 4.98 Å². The maximum Gasteiger partial charge on any atom is 0.252 e. The van der Waals surface area contributed by atoms with Crippen LogP contribution in [0.3, 0.4) is 0 Å². The number of fused-ring (bicyclic) bond motifs is 1. The van der Waals surface area contributed by atoms with Gasteiger partial charge in [-0.15, -0.1) is 36.2 Å². The van der Waals surface area contributed by atoms with Gasteiger partial charge in [0.15, 0.2) is 5.65 Å². The fraction of sp³-hybridized carbons (Fsp3) is 0.389. The molecule has 0 aromatic carbocycles. The molecule has 6 nitrogen and oxygen atoms in total. The molecule has 0 saturated carbocycles. The third-order valence-electron chi connectivity index (χ3n) is 4.66. The summed E-state index contributed by atoms with van der Waals surface area (Å²) in [7, 11) is 1.87. The number of hydrogen-bond acceptors (Lipinski definition) is 5. The molecule has 2 N–H and O–H groups in total. The monoisotopic (exact) mass is 427 g/mol. The number of aromatic nitrogens is 3. The van der Waals surface area contributed by atoms with Crippen molar-refractivity contribution < 1.29 is 4.79 Å². The van der Waals surface area contributed by atoms with Crippen LogP contribution < -0.4 is 10.6 Å². The molecular formula is C18H23Cl2N5OS. The van der Waals surface area contributed by atoms with Crippen LogP contribution >= 0.6 is 36.2 Å². The van der Waals surface area contributed by atoms with E-state index in [9.17, 15) is 4.79 Å². The minimum atomic E-state index is -0.0602. The van der Waals surface area contributed by atoms with Gasteiger partial charge < -0.3 is 10.6 Å². The highest BCUT2D eigenvalue weighted by atomic mass is 35.5. The number of amides is 1. The van der Waals surface area contributed by atoms with Gasteiger partial charge in [0.1, 0.15) is 0 Å². The van der Waals surface area contributed by atoms with Gasteiger partial charge >= 0.3 is 0 Å². The molecule has 0 bridgehead atoms. The molecule has 146 valence electrons. The fourth-order valence-corrected chi connectivity index (χ4v) is 4.10. The van der Waals surface area contributed by atoms with Crippen LogP contribution in [0.15, 0.2) is 23.6 Å². The number of nitrogens with zero attached hydrogens (tertiary/aromatic N) is 3. The van der Waals surface area contributed by atoms with Gasteiger partial charge in [-0.05, 0) is 43.8 Å². The van der Waals surface area contributed by atoms with Gasteiger partial charge in [0.25, 0.3) is 5.91 Å². The number of rotatable bonds is 4. The molecule has 1 saturated heterocycles. The molecule has 0 radical (unpaired) electrons. The first-order valence-electron chi connectivity index (χ1n) is 8.53.